The summed E-state index contributed by atoms with van der Waals surface area (Å²) in [4.78, 5) is 13.5. The van der Waals surface area contributed by atoms with Crippen molar-refractivity contribution in [2.75, 3.05) is 19.6 Å². The topological polar surface area (TPSA) is 41.6 Å². The summed E-state index contributed by atoms with van der Waals surface area (Å²) in [6.45, 7) is 2.94. The van der Waals surface area contributed by atoms with Gasteiger partial charge in [-0.25, -0.2) is 4.39 Å². The van der Waals surface area contributed by atoms with E-state index in [0.717, 1.165) is 18.7 Å². The molecule has 5 heteroatoms. The van der Waals surface area contributed by atoms with Gasteiger partial charge in [-0.1, -0.05) is 30.3 Å². The van der Waals surface area contributed by atoms with E-state index >= 15 is 0 Å². The number of rotatable bonds is 5. The third kappa shape index (κ3) is 4.29. The van der Waals surface area contributed by atoms with Crippen molar-refractivity contribution in [2.24, 2.45) is 0 Å². The van der Waals surface area contributed by atoms with E-state index < -0.39 is 0 Å². The van der Waals surface area contributed by atoms with Gasteiger partial charge in [0, 0.05) is 25.2 Å². The van der Waals surface area contributed by atoms with E-state index in [9.17, 15) is 9.18 Å². The molecular weight excluding hydrogens is 295 g/mol. The van der Waals surface area contributed by atoms with E-state index in [1.54, 1.807) is 18.2 Å². The fourth-order valence-corrected chi connectivity index (χ4v) is 2.55. The van der Waals surface area contributed by atoms with E-state index in [-0.39, 0.29) is 18.3 Å². The number of hydrogen-bond donors (Lipinski definition) is 1. The van der Waals surface area contributed by atoms with Crippen LogP contribution in [0.3, 0.4) is 0 Å². The number of carbonyl (C=O) groups is 1. The molecule has 1 amide bonds. The summed E-state index contributed by atoms with van der Waals surface area (Å²) in [5.74, 6) is 0.516. The lowest BCUT2D eigenvalue weighted by atomic mass is 10.2. The van der Waals surface area contributed by atoms with Crippen LogP contribution in [-0.2, 0) is 17.9 Å². The van der Waals surface area contributed by atoms with Crippen LogP contribution < -0.4 is 10.1 Å². The molecule has 0 aliphatic carbocycles. The van der Waals surface area contributed by atoms with Crippen molar-refractivity contribution in [3.05, 3.63) is 65.5 Å². The number of nitrogens with zero attached hydrogens (tertiary/aromatic N) is 1. The lowest BCUT2D eigenvalue weighted by Gasteiger charge is -2.26. The van der Waals surface area contributed by atoms with E-state index in [1.807, 2.05) is 24.3 Å². The van der Waals surface area contributed by atoms with Gasteiger partial charge in [-0.05, 0) is 23.8 Å². The predicted octanol–water partition coefficient (Wildman–Crippen LogP) is 2.34. The highest BCUT2D eigenvalue weighted by Crippen LogP contribution is 2.16. The molecule has 0 radical (unpaired) electrons. The van der Waals surface area contributed by atoms with Gasteiger partial charge in [0.25, 0.3) is 0 Å². The van der Waals surface area contributed by atoms with Crippen LogP contribution in [0.5, 0.6) is 5.75 Å². The number of piperazine rings is 1. The first-order valence-electron chi connectivity index (χ1n) is 7.65. The first kappa shape index (κ1) is 15.5. The van der Waals surface area contributed by atoms with Gasteiger partial charge in [0.1, 0.15) is 18.2 Å². The number of benzene rings is 2. The normalized spacial score (nSPS) is 15.3. The molecule has 0 atom stereocenters. The molecule has 1 heterocycles. The molecule has 2 aromatic rings. The van der Waals surface area contributed by atoms with Crippen LogP contribution in [0, 0.1) is 5.82 Å². The Labute approximate surface area is 134 Å². The smallest absolute Gasteiger partial charge is 0.234 e. The number of hydrogen-bond acceptors (Lipinski definition) is 3. The Morgan fingerprint density at radius 1 is 1.13 bits per heavy atom. The average Bonchev–Trinajstić information content (AvgIpc) is 2.56. The highest BCUT2D eigenvalue weighted by Gasteiger charge is 2.15. The number of carbonyl (C=O) groups excluding carboxylic acids is 1. The van der Waals surface area contributed by atoms with Crippen molar-refractivity contribution in [1.82, 2.24) is 10.2 Å². The van der Waals surface area contributed by atoms with Crippen LogP contribution in [0.2, 0.25) is 0 Å². The Bertz CT molecular complexity index is 673. The number of halogens is 1. The van der Waals surface area contributed by atoms with Crippen molar-refractivity contribution in [3.8, 4) is 5.75 Å². The van der Waals surface area contributed by atoms with Crippen LogP contribution in [0.4, 0.5) is 4.39 Å². The van der Waals surface area contributed by atoms with Crippen LogP contribution >= 0.6 is 0 Å². The van der Waals surface area contributed by atoms with Gasteiger partial charge in [0.05, 0.1) is 6.54 Å². The summed E-state index contributed by atoms with van der Waals surface area (Å²) in [6, 6.07) is 14.3. The minimum Gasteiger partial charge on any atom is -0.489 e. The molecule has 0 spiro atoms. The maximum Gasteiger partial charge on any atom is 0.234 e. The molecule has 1 aliphatic heterocycles. The largest absolute Gasteiger partial charge is 0.489 e. The molecule has 0 unspecified atom stereocenters. The average molecular weight is 314 g/mol. The van der Waals surface area contributed by atoms with Gasteiger partial charge >= 0.3 is 0 Å². The SMILES string of the molecule is O=C1CN(Cc2ccc(OCc3ccccc3F)cc2)CCN1. The Morgan fingerprint density at radius 2 is 1.91 bits per heavy atom. The predicted molar refractivity (Wildman–Crippen MR) is 85.5 cm³/mol. The van der Waals surface area contributed by atoms with Gasteiger partial charge < -0.3 is 10.1 Å². The van der Waals surface area contributed by atoms with Gasteiger partial charge in [-0.3, -0.25) is 9.69 Å². The molecule has 1 aliphatic rings. The highest BCUT2D eigenvalue weighted by molar-refractivity contribution is 5.78. The van der Waals surface area contributed by atoms with Gasteiger partial charge in [0.2, 0.25) is 5.91 Å². The second kappa shape index (κ2) is 7.24. The third-order valence-electron chi connectivity index (χ3n) is 3.80. The molecule has 2 aromatic carbocycles. The van der Waals surface area contributed by atoms with Crippen molar-refractivity contribution < 1.29 is 13.9 Å². The first-order chi connectivity index (χ1) is 11.2. The maximum atomic E-state index is 13.5. The molecule has 0 saturated carbocycles. The standard InChI is InChI=1S/C18H19FN2O2/c19-17-4-2-1-3-15(17)13-23-16-7-5-14(6-8-16)11-21-10-9-20-18(22)12-21/h1-8H,9-13H2,(H,20,22). The second-order valence-corrected chi connectivity index (χ2v) is 5.58. The Morgan fingerprint density at radius 3 is 2.65 bits per heavy atom. The number of amides is 1. The molecule has 0 bridgehead atoms. The fraction of sp³-hybridized carbons (Fsp3) is 0.278. The summed E-state index contributed by atoms with van der Waals surface area (Å²) in [5, 5.41) is 2.81. The van der Waals surface area contributed by atoms with E-state index in [1.165, 1.54) is 6.07 Å². The molecule has 1 saturated heterocycles. The van der Waals surface area contributed by atoms with E-state index in [0.29, 0.717) is 24.4 Å². The summed E-state index contributed by atoms with van der Waals surface area (Å²) < 4.78 is 19.1. The van der Waals surface area contributed by atoms with Gasteiger partial charge in [-0.2, -0.15) is 0 Å². The zero-order chi connectivity index (χ0) is 16.1. The van der Waals surface area contributed by atoms with Crippen LogP contribution in [0.1, 0.15) is 11.1 Å². The zero-order valence-corrected chi connectivity index (χ0v) is 12.8. The van der Waals surface area contributed by atoms with Crippen LogP contribution in [-0.4, -0.2) is 30.4 Å². The van der Waals surface area contributed by atoms with Crippen LogP contribution in [0.25, 0.3) is 0 Å². The van der Waals surface area contributed by atoms with Crippen molar-refractivity contribution in [2.45, 2.75) is 13.2 Å². The van der Waals surface area contributed by atoms with Crippen molar-refractivity contribution in [1.29, 1.82) is 0 Å². The molecule has 3 rings (SSSR count). The Balaban J connectivity index is 1.54. The molecule has 1 fully saturated rings. The molecule has 0 aromatic heterocycles. The zero-order valence-electron chi connectivity index (χ0n) is 12.8. The minimum atomic E-state index is -0.257. The minimum absolute atomic E-state index is 0.0705. The Kier molecular flexibility index (Phi) is 4.88. The Hall–Kier alpha value is -2.40. The summed E-state index contributed by atoms with van der Waals surface area (Å²) in [5.41, 5.74) is 1.66. The van der Waals surface area contributed by atoms with E-state index in [2.05, 4.69) is 10.2 Å². The molecule has 120 valence electrons. The third-order valence-corrected chi connectivity index (χ3v) is 3.80. The van der Waals surface area contributed by atoms with Crippen molar-refractivity contribution in [3.63, 3.8) is 0 Å². The highest BCUT2D eigenvalue weighted by atomic mass is 19.1. The fourth-order valence-electron chi connectivity index (χ4n) is 2.55. The molecule has 1 N–H and O–H groups in total. The van der Waals surface area contributed by atoms with Gasteiger partial charge in [0.15, 0.2) is 0 Å². The monoisotopic (exact) mass is 314 g/mol. The van der Waals surface area contributed by atoms with Crippen LogP contribution in [0.15, 0.2) is 48.5 Å². The summed E-state index contributed by atoms with van der Waals surface area (Å²) in [6.07, 6.45) is 0. The molecular formula is C18H19FN2O2. The first-order valence-corrected chi connectivity index (χ1v) is 7.65. The lowest BCUT2D eigenvalue weighted by Crippen LogP contribution is -2.47. The molecule has 4 nitrogen and oxygen atoms in total. The second-order valence-electron chi connectivity index (χ2n) is 5.58. The number of ether oxygens (including phenoxy) is 1. The quantitative estimate of drug-likeness (QED) is 0.921. The maximum absolute atomic E-state index is 13.5. The van der Waals surface area contributed by atoms with Gasteiger partial charge in [-0.15, -0.1) is 0 Å². The van der Waals surface area contributed by atoms with Crippen molar-refractivity contribution >= 4 is 5.91 Å². The lowest BCUT2D eigenvalue weighted by molar-refractivity contribution is -0.124. The molecule has 23 heavy (non-hydrogen) atoms. The number of nitrogens with one attached hydrogen (secondary N) is 1. The van der Waals surface area contributed by atoms with E-state index in [4.69, 9.17) is 4.74 Å². The summed E-state index contributed by atoms with van der Waals surface area (Å²) >= 11 is 0. The summed E-state index contributed by atoms with van der Waals surface area (Å²) in [7, 11) is 0.